The quantitative estimate of drug-likeness (QED) is 0.881. The zero-order valence-electron chi connectivity index (χ0n) is 11.1. The van der Waals surface area contributed by atoms with Crippen LogP contribution >= 0.6 is 0 Å². The Kier molecular flexibility index (Phi) is 4.13. The Labute approximate surface area is 112 Å². The maximum atomic E-state index is 11.4. The molecular formula is C15H17N3O. The molecule has 98 valence electrons. The Morgan fingerprint density at radius 3 is 2.47 bits per heavy atom. The first-order chi connectivity index (χ1) is 9.19. The van der Waals surface area contributed by atoms with Gasteiger partial charge < -0.3 is 10.6 Å². The largest absolute Gasteiger partial charge is 0.380 e. The summed E-state index contributed by atoms with van der Waals surface area (Å²) < 4.78 is 0. The maximum Gasteiger partial charge on any atom is 0.251 e. The van der Waals surface area contributed by atoms with Crippen LogP contribution in [0.3, 0.4) is 0 Å². The van der Waals surface area contributed by atoms with E-state index in [0.29, 0.717) is 12.1 Å². The highest BCUT2D eigenvalue weighted by Crippen LogP contribution is 2.09. The number of amides is 1. The number of aromatic nitrogens is 1. The molecule has 1 aromatic heterocycles. The van der Waals surface area contributed by atoms with Gasteiger partial charge in [-0.15, -0.1) is 0 Å². The van der Waals surface area contributed by atoms with Crippen LogP contribution in [0.1, 0.15) is 21.6 Å². The molecule has 2 rings (SSSR count). The molecular weight excluding hydrogens is 238 g/mol. The standard InChI is InChI=1S/C15H17N3O/c1-11-3-8-14(10-17-11)18-9-12-4-6-13(7-5-12)15(19)16-2/h3-8,10,18H,9H2,1-2H3,(H,16,19). The summed E-state index contributed by atoms with van der Waals surface area (Å²) in [4.78, 5) is 15.6. The molecule has 4 heteroatoms. The summed E-state index contributed by atoms with van der Waals surface area (Å²) in [6.07, 6.45) is 1.81. The molecule has 0 radical (unpaired) electrons. The smallest absolute Gasteiger partial charge is 0.251 e. The number of carbonyl (C=O) groups excluding carboxylic acids is 1. The van der Waals surface area contributed by atoms with Crippen LogP contribution in [0.2, 0.25) is 0 Å². The van der Waals surface area contributed by atoms with E-state index in [-0.39, 0.29) is 5.91 Å². The van der Waals surface area contributed by atoms with Crippen molar-refractivity contribution in [2.24, 2.45) is 0 Å². The Morgan fingerprint density at radius 1 is 1.16 bits per heavy atom. The summed E-state index contributed by atoms with van der Waals surface area (Å²) in [5, 5.41) is 5.89. The molecule has 0 aliphatic rings. The van der Waals surface area contributed by atoms with E-state index < -0.39 is 0 Å². The Balaban J connectivity index is 1.96. The third kappa shape index (κ3) is 3.55. The molecule has 1 amide bonds. The molecule has 0 fully saturated rings. The first kappa shape index (κ1) is 13.1. The first-order valence-corrected chi connectivity index (χ1v) is 6.16. The van der Waals surface area contributed by atoms with E-state index in [2.05, 4.69) is 15.6 Å². The average molecular weight is 255 g/mol. The van der Waals surface area contributed by atoms with Crippen LogP contribution in [0.25, 0.3) is 0 Å². The number of carbonyl (C=O) groups is 1. The number of benzene rings is 1. The fourth-order valence-corrected chi connectivity index (χ4v) is 1.69. The number of nitrogens with zero attached hydrogens (tertiary/aromatic N) is 1. The van der Waals surface area contributed by atoms with E-state index in [1.807, 2.05) is 49.5 Å². The van der Waals surface area contributed by atoms with Gasteiger partial charge in [-0.2, -0.15) is 0 Å². The molecule has 0 saturated heterocycles. The molecule has 0 unspecified atom stereocenters. The van der Waals surface area contributed by atoms with Crippen LogP contribution < -0.4 is 10.6 Å². The summed E-state index contributed by atoms with van der Waals surface area (Å²) in [5.41, 5.74) is 3.78. The van der Waals surface area contributed by atoms with E-state index in [1.165, 1.54) is 0 Å². The number of aryl methyl sites for hydroxylation is 1. The van der Waals surface area contributed by atoms with E-state index in [0.717, 1.165) is 16.9 Å². The van der Waals surface area contributed by atoms with Gasteiger partial charge in [0.2, 0.25) is 0 Å². The van der Waals surface area contributed by atoms with E-state index in [1.54, 1.807) is 7.05 Å². The van der Waals surface area contributed by atoms with Crippen molar-refractivity contribution in [3.63, 3.8) is 0 Å². The van der Waals surface area contributed by atoms with Crippen molar-refractivity contribution >= 4 is 11.6 Å². The van der Waals surface area contributed by atoms with Gasteiger partial charge in [-0.3, -0.25) is 9.78 Å². The minimum absolute atomic E-state index is 0.0674. The van der Waals surface area contributed by atoms with E-state index in [4.69, 9.17) is 0 Å². The van der Waals surface area contributed by atoms with Gasteiger partial charge in [0.1, 0.15) is 0 Å². The van der Waals surface area contributed by atoms with Crippen molar-refractivity contribution in [1.82, 2.24) is 10.3 Å². The second kappa shape index (κ2) is 6.00. The normalized spacial score (nSPS) is 10.0. The lowest BCUT2D eigenvalue weighted by Crippen LogP contribution is -2.17. The van der Waals surface area contributed by atoms with Gasteiger partial charge in [0, 0.05) is 24.8 Å². The van der Waals surface area contributed by atoms with Crippen molar-refractivity contribution in [2.75, 3.05) is 12.4 Å². The zero-order chi connectivity index (χ0) is 13.7. The van der Waals surface area contributed by atoms with Crippen LogP contribution in [-0.4, -0.2) is 17.9 Å². The highest BCUT2D eigenvalue weighted by Gasteiger charge is 2.02. The zero-order valence-corrected chi connectivity index (χ0v) is 11.1. The first-order valence-electron chi connectivity index (χ1n) is 6.16. The fourth-order valence-electron chi connectivity index (χ4n) is 1.69. The molecule has 0 spiro atoms. The maximum absolute atomic E-state index is 11.4. The lowest BCUT2D eigenvalue weighted by molar-refractivity contribution is 0.0963. The second-order valence-corrected chi connectivity index (χ2v) is 4.32. The van der Waals surface area contributed by atoms with Crippen LogP contribution in [-0.2, 0) is 6.54 Å². The average Bonchev–Trinajstić information content (AvgIpc) is 2.46. The minimum Gasteiger partial charge on any atom is -0.380 e. The number of nitrogens with one attached hydrogen (secondary N) is 2. The lowest BCUT2D eigenvalue weighted by Gasteiger charge is -2.07. The van der Waals surface area contributed by atoms with Gasteiger partial charge >= 0.3 is 0 Å². The molecule has 19 heavy (non-hydrogen) atoms. The van der Waals surface area contributed by atoms with Crippen molar-refractivity contribution in [2.45, 2.75) is 13.5 Å². The van der Waals surface area contributed by atoms with Crippen molar-refractivity contribution in [3.05, 3.63) is 59.4 Å². The molecule has 4 nitrogen and oxygen atoms in total. The van der Waals surface area contributed by atoms with Crippen molar-refractivity contribution < 1.29 is 4.79 Å². The van der Waals surface area contributed by atoms with Crippen LogP contribution in [0.4, 0.5) is 5.69 Å². The van der Waals surface area contributed by atoms with Gasteiger partial charge in [0.25, 0.3) is 5.91 Å². The molecule has 0 aliphatic heterocycles. The molecule has 1 aromatic carbocycles. The molecule has 0 atom stereocenters. The number of hydrogen-bond acceptors (Lipinski definition) is 3. The van der Waals surface area contributed by atoms with Gasteiger partial charge in [0.05, 0.1) is 11.9 Å². The Bertz CT molecular complexity index is 547. The number of pyridine rings is 1. The van der Waals surface area contributed by atoms with E-state index >= 15 is 0 Å². The second-order valence-electron chi connectivity index (χ2n) is 4.32. The predicted molar refractivity (Wildman–Crippen MR) is 76.1 cm³/mol. The number of rotatable bonds is 4. The summed E-state index contributed by atoms with van der Waals surface area (Å²) in [6.45, 7) is 2.67. The predicted octanol–water partition coefficient (Wildman–Crippen LogP) is 2.36. The molecule has 0 saturated carbocycles. The fraction of sp³-hybridized carbons (Fsp3) is 0.200. The minimum atomic E-state index is -0.0674. The monoisotopic (exact) mass is 255 g/mol. The lowest BCUT2D eigenvalue weighted by atomic mass is 10.1. The van der Waals surface area contributed by atoms with Crippen LogP contribution in [0, 0.1) is 6.92 Å². The summed E-state index contributed by atoms with van der Waals surface area (Å²) in [6, 6.07) is 11.5. The van der Waals surface area contributed by atoms with Crippen molar-refractivity contribution in [1.29, 1.82) is 0 Å². The summed E-state index contributed by atoms with van der Waals surface area (Å²) >= 11 is 0. The number of hydrogen-bond donors (Lipinski definition) is 2. The third-order valence-corrected chi connectivity index (χ3v) is 2.85. The highest BCUT2D eigenvalue weighted by atomic mass is 16.1. The van der Waals surface area contributed by atoms with Crippen molar-refractivity contribution in [3.8, 4) is 0 Å². The highest BCUT2D eigenvalue weighted by molar-refractivity contribution is 5.93. The van der Waals surface area contributed by atoms with Gasteiger partial charge in [-0.05, 0) is 36.8 Å². The van der Waals surface area contributed by atoms with Gasteiger partial charge in [0.15, 0.2) is 0 Å². The van der Waals surface area contributed by atoms with Gasteiger partial charge in [-0.1, -0.05) is 12.1 Å². The van der Waals surface area contributed by atoms with Crippen LogP contribution in [0.15, 0.2) is 42.6 Å². The number of anilines is 1. The summed E-state index contributed by atoms with van der Waals surface area (Å²) in [5.74, 6) is -0.0674. The molecule has 2 aromatic rings. The van der Waals surface area contributed by atoms with Gasteiger partial charge in [-0.25, -0.2) is 0 Å². The molecule has 1 heterocycles. The SMILES string of the molecule is CNC(=O)c1ccc(CNc2ccc(C)nc2)cc1. The topological polar surface area (TPSA) is 54.0 Å². The molecule has 2 N–H and O–H groups in total. The summed E-state index contributed by atoms with van der Waals surface area (Å²) in [7, 11) is 1.63. The Morgan fingerprint density at radius 2 is 1.89 bits per heavy atom. The van der Waals surface area contributed by atoms with Crippen LogP contribution in [0.5, 0.6) is 0 Å². The molecule has 0 bridgehead atoms. The Hall–Kier alpha value is -2.36. The third-order valence-electron chi connectivity index (χ3n) is 2.85. The van der Waals surface area contributed by atoms with E-state index in [9.17, 15) is 4.79 Å². The molecule has 0 aliphatic carbocycles.